The maximum atomic E-state index is 11.9. The number of hydrogen-bond acceptors (Lipinski definition) is 4. The standard InChI is InChI=1S/C19H23NO4/c1-20(19(22)24-14-17-10-6-3-7-11-17)12-18(21)15-23-13-16-8-4-2-5-9-16/h2-11,18,21H,12-15H2,1H3. The minimum atomic E-state index is -0.761. The van der Waals surface area contributed by atoms with Crippen molar-refractivity contribution in [2.75, 3.05) is 20.2 Å². The lowest BCUT2D eigenvalue weighted by molar-refractivity contribution is 0.0113. The van der Waals surface area contributed by atoms with Gasteiger partial charge in [-0.05, 0) is 11.1 Å². The van der Waals surface area contributed by atoms with Crippen LogP contribution in [0, 0.1) is 0 Å². The Balaban J connectivity index is 1.65. The van der Waals surface area contributed by atoms with Crippen molar-refractivity contribution in [3.63, 3.8) is 0 Å². The van der Waals surface area contributed by atoms with E-state index in [1.807, 2.05) is 60.7 Å². The number of aliphatic hydroxyl groups excluding tert-OH is 1. The molecule has 0 heterocycles. The van der Waals surface area contributed by atoms with Crippen LogP contribution in [0.15, 0.2) is 60.7 Å². The number of carbonyl (C=O) groups excluding carboxylic acids is 1. The Morgan fingerprint density at radius 1 is 1.00 bits per heavy atom. The normalized spacial score (nSPS) is 11.8. The summed E-state index contributed by atoms with van der Waals surface area (Å²) in [5.74, 6) is 0. The molecule has 0 radical (unpaired) electrons. The predicted octanol–water partition coefficient (Wildman–Crippen LogP) is 2.83. The van der Waals surface area contributed by atoms with E-state index in [1.54, 1.807) is 7.05 Å². The third-order valence-electron chi connectivity index (χ3n) is 3.42. The zero-order valence-electron chi connectivity index (χ0n) is 13.8. The number of likely N-dealkylation sites (N-methyl/N-ethyl adjacent to an activating group) is 1. The van der Waals surface area contributed by atoms with Crippen LogP contribution in [0.4, 0.5) is 4.79 Å². The lowest BCUT2D eigenvalue weighted by atomic mass is 10.2. The van der Waals surface area contributed by atoms with Gasteiger partial charge in [-0.2, -0.15) is 0 Å². The Morgan fingerprint density at radius 2 is 1.54 bits per heavy atom. The first-order valence-electron chi connectivity index (χ1n) is 7.86. The first-order valence-corrected chi connectivity index (χ1v) is 7.86. The van der Waals surface area contributed by atoms with Gasteiger partial charge in [0.25, 0.3) is 0 Å². The van der Waals surface area contributed by atoms with E-state index in [4.69, 9.17) is 9.47 Å². The molecular weight excluding hydrogens is 306 g/mol. The number of ether oxygens (including phenoxy) is 2. The van der Waals surface area contributed by atoms with Crippen LogP contribution in [0.5, 0.6) is 0 Å². The molecule has 5 heteroatoms. The number of hydrogen-bond donors (Lipinski definition) is 1. The molecule has 24 heavy (non-hydrogen) atoms. The molecule has 0 saturated carbocycles. The summed E-state index contributed by atoms with van der Waals surface area (Å²) in [5, 5.41) is 9.96. The molecular formula is C19H23NO4. The number of carbonyl (C=O) groups is 1. The van der Waals surface area contributed by atoms with Gasteiger partial charge in [0, 0.05) is 7.05 Å². The van der Waals surface area contributed by atoms with Gasteiger partial charge in [-0.25, -0.2) is 4.79 Å². The maximum Gasteiger partial charge on any atom is 0.409 e. The molecule has 0 aliphatic rings. The first-order chi connectivity index (χ1) is 11.6. The van der Waals surface area contributed by atoms with Crippen LogP contribution in [0.3, 0.4) is 0 Å². The zero-order valence-corrected chi connectivity index (χ0v) is 13.8. The molecule has 0 aliphatic heterocycles. The average Bonchev–Trinajstić information content (AvgIpc) is 2.61. The Bertz CT molecular complexity index is 603. The summed E-state index contributed by atoms with van der Waals surface area (Å²) < 4.78 is 10.7. The number of amides is 1. The summed E-state index contributed by atoms with van der Waals surface area (Å²) in [7, 11) is 1.59. The zero-order chi connectivity index (χ0) is 17.2. The van der Waals surface area contributed by atoms with Crippen molar-refractivity contribution < 1.29 is 19.4 Å². The van der Waals surface area contributed by atoms with E-state index in [9.17, 15) is 9.90 Å². The fraction of sp³-hybridized carbons (Fsp3) is 0.316. The van der Waals surface area contributed by atoms with E-state index in [1.165, 1.54) is 4.90 Å². The topological polar surface area (TPSA) is 59.0 Å². The van der Waals surface area contributed by atoms with Crippen molar-refractivity contribution in [3.8, 4) is 0 Å². The van der Waals surface area contributed by atoms with Gasteiger partial charge in [0.15, 0.2) is 0 Å². The summed E-state index contributed by atoms with van der Waals surface area (Å²) in [6.45, 7) is 0.957. The van der Waals surface area contributed by atoms with Crippen molar-refractivity contribution in [1.82, 2.24) is 4.90 Å². The molecule has 2 aromatic rings. The first kappa shape index (κ1) is 18.0. The van der Waals surface area contributed by atoms with E-state index in [0.29, 0.717) is 6.61 Å². The molecule has 0 bridgehead atoms. The summed E-state index contributed by atoms with van der Waals surface area (Å²) >= 11 is 0. The van der Waals surface area contributed by atoms with Gasteiger partial charge in [-0.15, -0.1) is 0 Å². The Kier molecular flexibility index (Phi) is 7.26. The van der Waals surface area contributed by atoms with E-state index >= 15 is 0 Å². The van der Waals surface area contributed by atoms with Gasteiger partial charge < -0.3 is 19.5 Å². The Hall–Kier alpha value is -2.37. The summed E-state index contributed by atoms with van der Waals surface area (Å²) in [6, 6.07) is 19.2. The number of aliphatic hydroxyl groups is 1. The number of nitrogens with zero attached hydrogens (tertiary/aromatic N) is 1. The van der Waals surface area contributed by atoms with Gasteiger partial charge in [-0.1, -0.05) is 60.7 Å². The van der Waals surface area contributed by atoms with Crippen LogP contribution in [0.2, 0.25) is 0 Å². The molecule has 1 atom stereocenters. The molecule has 1 unspecified atom stereocenters. The molecule has 1 N–H and O–H groups in total. The largest absolute Gasteiger partial charge is 0.445 e. The van der Waals surface area contributed by atoms with E-state index in [-0.39, 0.29) is 19.8 Å². The van der Waals surface area contributed by atoms with Crippen molar-refractivity contribution in [3.05, 3.63) is 71.8 Å². The molecule has 0 aromatic heterocycles. The maximum absolute atomic E-state index is 11.9. The van der Waals surface area contributed by atoms with Gasteiger partial charge in [0.1, 0.15) is 6.61 Å². The van der Waals surface area contributed by atoms with Crippen LogP contribution in [0.1, 0.15) is 11.1 Å². The molecule has 0 saturated heterocycles. The number of benzene rings is 2. The lowest BCUT2D eigenvalue weighted by Gasteiger charge is -2.20. The minimum Gasteiger partial charge on any atom is -0.445 e. The second-order valence-corrected chi connectivity index (χ2v) is 5.58. The monoisotopic (exact) mass is 329 g/mol. The van der Waals surface area contributed by atoms with E-state index < -0.39 is 12.2 Å². The fourth-order valence-corrected chi connectivity index (χ4v) is 2.16. The summed E-state index contributed by atoms with van der Waals surface area (Å²) in [4.78, 5) is 13.2. The summed E-state index contributed by atoms with van der Waals surface area (Å²) in [6.07, 6.45) is -1.23. The molecule has 1 amide bonds. The van der Waals surface area contributed by atoms with Crippen LogP contribution in [-0.2, 0) is 22.7 Å². The van der Waals surface area contributed by atoms with E-state index in [2.05, 4.69) is 0 Å². The van der Waals surface area contributed by atoms with Gasteiger partial charge in [0.05, 0.1) is 25.9 Å². The van der Waals surface area contributed by atoms with Gasteiger partial charge >= 0.3 is 6.09 Å². The molecule has 0 spiro atoms. The lowest BCUT2D eigenvalue weighted by Crippen LogP contribution is -2.36. The second-order valence-electron chi connectivity index (χ2n) is 5.58. The number of rotatable bonds is 8. The molecule has 0 fully saturated rings. The van der Waals surface area contributed by atoms with Crippen molar-refractivity contribution >= 4 is 6.09 Å². The van der Waals surface area contributed by atoms with Crippen LogP contribution in [-0.4, -0.2) is 42.4 Å². The highest BCUT2D eigenvalue weighted by Crippen LogP contribution is 2.04. The smallest absolute Gasteiger partial charge is 0.409 e. The summed E-state index contributed by atoms with van der Waals surface area (Å²) in [5.41, 5.74) is 1.96. The third-order valence-corrected chi connectivity index (χ3v) is 3.42. The quantitative estimate of drug-likeness (QED) is 0.809. The molecule has 2 rings (SSSR count). The highest BCUT2D eigenvalue weighted by atomic mass is 16.6. The third kappa shape index (κ3) is 6.40. The van der Waals surface area contributed by atoms with Crippen molar-refractivity contribution in [1.29, 1.82) is 0 Å². The minimum absolute atomic E-state index is 0.155. The Morgan fingerprint density at radius 3 is 2.12 bits per heavy atom. The second kappa shape index (κ2) is 9.70. The average molecular weight is 329 g/mol. The highest BCUT2D eigenvalue weighted by molar-refractivity contribution is 5.67. The van der Waals surface area contributed by atoms with Crippen LogP contribution >= 0.6 is 0 Å². The SMILES string of the molecule is CN(CC(O)COCc1ccccc1)C(=O)OCc1ccccc1. The van der Waals surface area contributed by atoms with Gasteiger partial charge in [-0.3, -0.25) is 0 Å². The highest BCUT2D eigenvalue weighted by Gasteiger charge is 2.15. The predicted molar refractivity (Wildman–Crippen MR) is 91.4 cm³/mol. The van der Waals surface area contributed by atoms with Gasteiger partial charge in [0.2, 0.25) is 0 Å². The van der Waals surface area contributed by atoms with Crippen LogP contribution < -0.4 is 0 Å². The van der Waals surface area contributed by atoms with Crippen molar-refractivity contribution in [2.24, 2.45) is 0 Å². The molecule has 0 aliphatic carbocycles. The van der Waals surface area contributed by atoms with E-state index in [0.717, 1.165) is 11.1 Å². The fourth-order valence-electron chi connectivity index (χ4n) is 2.16. The molecule has 5 nitrogen and oxygen atoms in total. The van der Waals surface area contributed by atoms with Crippen LogP contribution in [0.25, 0.3) is 0 Å². The Labute approximate surface area is 142 Å². The molecule has 2 aromatic carbocycles. The molecule has 128 valence electrons. The van der Waals surface area contributed by atoms with Crippen molar-refractivity contribution in [2.45, 2.75) is 19.3 Å².